The Hall–Kier alpha value is -2.44. The van der Waals surface area contributed by atoms with Gasteiger partial charge in [0.25, 0.3) is 5.91 Å². The maximum absolute atomic E-state index is 12.2. The molecule has 5 nitrogen and oxygen atoms in total. The zero-order valence-corrected chi connectivity index (χ0v) is 13.6. The molecule has 23 heavy (non-hydrogen) atoms. The summed E-state index contributed by atoms with van der Waals surface area (Å²) in [5.74, 6) is -0.366. The number of carbonyl (C=O) groups is 1. The third-order valence-corrected chi connectivity index (χ3v) is 4.55. The van der Waals surface area contributed by atoms with Gasteiger partial charge in [-0.1, -0.05) is 29.8 Å². The molecule has 0 unspecified atom stereocenters. The van der Waals surface area contributed by atoms with E-state index in [4.69, 9.17) is 0 Å². The van der Waals surface area contributed by atoms with Crippen molar-refractivity contribution in [2.45, 2.75) is 11.8 Å². The van der Waals surface area contributed by atoms with E-state index >= 15 is 0 Å². The molecule has 2 rings (SSSR count). The molecular weight excluding hydrogens is 312 g/mol. The van der Waals surface area contributed by atoms with Crippen molar-refractivity contribution in [3.63, 3.8) is 0 Å². The highest BCUT2D eigenvalue weighted by atomic mass is 32.2. The molecule has 0 saturated carbocycles. The molecule has 0 fully saturated rings. The van der Waals surface area contributed by atoms with Gasteiger partial charge in [-0.25, -0.2) is 13.1 Å². The maximum atomic E-state index is 12.2. The minimum absolute atomic E-state index is 0.0379. The number of rotatable bonds is 6. The summed E-state index contributed by atoms with van der Waals surface area (Å²) in [5, 5.41) is 2.74. The summed E-state index contributed by atoms with van der Waals surface area (Å²) in [4.78, 5) is 12.3. The molecule has 2 aromatic carbocycles. The summed E-state index contributed by atoms with van der Waals surface area (Å²) < 4.78 is 26.5. The number of carbonyl (C=O) groups excluding carboxylic acids is 1. The van der Waals surface area contributed by atoms with Gasteiger partial charge >= 0.3 is 0 Å². The molecule has 6 heteroatoms. The van der Waals surface area contributed by atoms with Crippen molar-refractivity contribution in [3.05, 3.63) is 72.3 Å². The molecule has 0 bridgehead atoms. The Balaban J connectivity index is 2.20. The topological polar surface area (TPSA) is 75.3 Å². The number of anilines is 1. The Morgan fingerprint density at radius 1 is 1.17 bits per heavy atom. The number of hydrogen-bond donors (Lipinski definition) is 2. The highest BCUT2D eigenvalue weighted by molar-refractivity contribution is 7.89. The van der Waals surface area contributed by atoms with Crippen molar-refractivity contribution in [1.29, 1.82) is 0 Å². The van der Waals surface area contributed by atoms with Crippen LogP contribution < -0.4 is 10.0 Å². The van der Waals surface area contributed by atoms with Crippen LogP contribution in [0.3, 0.4) is 0 Å². The van der Waals surface area contributed by atoms with Gasteiger partial charge in [-0.2, -0.15) is 0 Å². The molecule has 2 aromatic rings. The molecule has 120 valence electrons. The van der Waals surface area contributed by atoms with E-state index in [-0.39, 0.29) is 22.9 Å². The molecule has 0 spiro atoms. The zero-order valence-electron chi connectivity index (χ0n) is 12.7. The quantitative estimate of drug-likeness (QED) is 0.800. The van der Waals surface area contributed by atoms with Gasteiger partial charge in [0.05, 0.1) is 4.90 Å². The van der Waals surface area contributed by atoms with E-state index in [0.29, 0.717) is 5.69 Å². The van der Waals surface area contributed by atoms with Crippen molar-refractivity contribution in [2.24, 2.45) is 0 Å². The summed E-state index contributed by atoms with van der Waals surface area (Å²) in [6.45, 7) is 5.55. The van der Waals surface area contributed by atoms with Crippen LogP contribution in [0.15, 0.2) is 66.1 Å². The highest BCUT2D eigenvalue weighted by Crippen LogP contribution is 2.14. The standard InChI is InChI=1S/C17H18N2O3S/c1-3-11-18-23(21,22)16-6-4-5-14(12-16)17(20)19-15-9-7-13(2)8-10-15/h3-10,12,18H,1,11H2,2H3,(H,19,20). The fourth-order valence-corrected chi connectivity index (χ4v) is 2.94. The van der Waals surface area contributed by atoms with Crippen LogP contribution in [0.1, 0.15) is 15.9 Å². The Morgan fingerprint density at radius 3 is 2.52 bits per heavy atom. The largest absolute Gasteiger partial charge is 0.322 e. The molecule has 0 aliphatic rings. The summed E-state index contributed by atoms with van der Waals surface area (Å²) in [6, 6.07) is 13.2. The van der Waals surface area contributed by atoms with Crippen molar-refractivity contribution < 1.29 is 13.2 Å². The minimum Gasteiger partial charge on any atom is -0.322 e. The highest BCUT2D eigenvalue weighted by Gasteiger charge is 2.15. The minimum atomic E-state index is -3.66. The fraction of sp³-hybridized carbons (Fsp3) is 0.118. The van der Waals surface area contributed by atoms with Crippen LogP contribution in [0.25, 0.3) is 0 Å². The third kappa shape index (κ3) is 4.51. The third-order valence-electron chi connectivity index (χ3n) is 3.13. The van der Waals surface area contributed by atoms with Gasteiger partial charge in [-0.3, -0.25) is 4.79 Å². The van der Waals surface area contributed by atoms with Gasteiger partial charge in [0.1, 0.15) is 0 Å². The number of sulfonamides is 1. The van der Waals surface area contributed by atoms with Gasteiger partial charge in [0.15, 0.2) is 0 Å². The molecule has 0 aliphatic carbocycles. The monoisotopic (exact) mass is 330 g/mol. The molecular formula is C17H18N2O3S. The maximum Gasteiger partial charge on any atom is 0.255 e. The van der Waals surface area contributed by atoms with E-state index in [2.05, 4.69) is 16.6 Å². The second-order valence-corrected chi connectivity index (χ2v) is 6.76. The van der Waals surface area contributed by atoms with E-state index in [1.54, 1.807) is 18.2 Å². The Morgan fingerprint density at radius 2 is 1.87 bits per heavy atom. The van der Waals surface area contributed by atoms with Gasteiger partial charge in [-0.05, 0) is 37.3 Å². The van der Waals surface area contributed by atoms with Crippen molar-refractivity contribution in [2.75, 3.05) is 11.9 Å². The molecule has 2 N–H and O–H groups in total. The summed E-state index contributed by atoms with van der Waals surface area (Å²) in [7, 11) is -3.66. The average Bonchev–Trinajstić information content (AvgIpc) is 2.55. The normalized spacial score (nSPS) is 11.0. The fourth-order valence-electron chi connectivity index (χ4n) is 1.90. The van der Waals surface area contributed by atoms with Gasteiger partial charge in [0, 0.05) is 17.8 Å². The van der Waals surface area contributed by atoms with Crippen LogP contribution in [0.5, 0.6) is 0 Å². The zero-order chi connectivity index (χ0) is 16.9. The number of hydrogen-bond acceptors (Lipinski definition) is 3. The predicted molar refractivity (Wildman–Crippen MR) is 91.0 cm³/mol. The number of benzene rings is 2. The molecule has 1 amide bonds. The summed E-state index contributed by atoms with van der Waals surface area (Å²) in [5.41, 5.74) is 2.01. The van der Waals surface area contributed by atoms with Crippen LogP contribution >= 0.6 is 0 Å². The molecule has 0 aromatic heterocycles. The summed E-state index contributed by atoms with van der Waals surface area (Å²) >= 11 is 0. The van der Waals surface area contributed by atoms with Crippen LogP contribution in [-0.4, -0.2) is 20.9 Å². The lowest BCUT2D eigenvalue weighted by atomic mass is 10.2. The first-order valence-corrected chi connectivity index (χ1v) is 8.49. The van der Waals surface area contributed by atoms with Crippen LogP contribution in [0.2, 0.25) is 0 Å². The van der Waals surface area contributed by atoms with Crippen LogP contribution in [-0.2, 0) is 10.0 Å². The van der Waals surface area contributed by atoms with E-state index in [1.165, 1.54) is 24.3 Å². The van der Waals surface area contributed by atoms with Crippen molar-refractivity contribution >= 4 is 21.6 Å². The number of aryl methyl sites for hydroxylation is 1. The molecule has 0 saturated heterocycles. The van der Waals surface area contributed by atoms with Crippen LogP contribution in [0, 0.1) is 6.92 Å². The second kappa shape index (κ2) is 7.21. The first kappa shape index (κ1) is 16.9. The number of amides is 1. The van der Waals surface area contributed by atoms with E-state index in [9.17, 15) is 13.2 Å². The van der Waals surface area contributed by atoms with Crippen molar-refractivity contribution in [3.8, 4) is 0 Å². The molecule has 0 atom stereocenters. The van der Waals surface area contributed by atoms with E-state index < -0.39 is 10.0 Å². The SMILES string of the molecule is C=CCNS(=O)(=O)c1cccc(C(=O)Nc2ccc(C)cc2)c1. The average molecular weight is 330 g/mol. The van der Waals surface area contributed by atoms with Crippen molar-refractivity contribution in [1.82, 2.24) is 4.72 Å². The Kier molecular flexibility index (Phi) is 5.31. The Labute approximate surface area is 136 Å². The lowest BCUT2D eigenvalue weighted by Gasteiger charge is -2.08. The lowest BCUT2D eigenvalue weighted by Crippen LogP contribution is -2.24. The van der Waals surface area contributed by atoms with Gasteiger partial charge in [-0.15, -0.1) is 6.58 Å². The lowest BCUT2D eigenvalue weighted by molar-refractivity contribution is 0.102. The van der Waals surface area contributed by atoms with E-state index in [0.717, 1.165) is 5.56 Å². The summed E-state index contributed by atoms with van der Waals surface area (Å²) in [6.07, 6.45) is 1.45. The molecule has 0 heterocycles. The van der Waals surface area contributed by atoms with Gasteiger partial charge in [0.2, 0.25) is 10.0 Å². The van der Waals surface area contributed by atoms with Gasteiger partial charge < -0.3 is 5.32 Å². The Bertz CT molecular complexity index is 812. The first-order valence-electron chi connectivity index (χ1n) is 7.01. The van der Waals surface area contributed by atoms with Crippen LogP contribution in [0.4, 0.5) is 5.69 Å². The predicted octanol–water partition coefficient (Wildman–Crippen LogP) is 2.71. The smallest absolute Gasteiger partial charge is 0.255 e. The second-order valence-electron chi connectivity index (χ2n) is 4.99. The molecule has 0 radical (unpaired) electrons. The number of nitrogens with one attached hydrogen (secondary N) is 2. The first-order chi connectivity index (χ1) is 10.9. The van der Waals surface area contributed by atoms with E-state index in [1.807, 2.05) is 19.1 Å². The molecule has 0 aliphatic heterocycles.